The zero-order valence-corrected chi connectivity index (χ0v) is 20.7. The first kappa shape index (κ1) is 25.4. The maximum absolute atomic E-state index is 14.7. The second-order valence-electron chi connectivity index (χ2n) is 9.79. The van der Waals surface area contributed by atoms with Crippen LogP contribution < -0.4 is 20.9 Å². The second kappa shape index (κ2) is 9.78. The number of nitriles is 1. The molecule has 0 spiro atoms. The number of benzene rings is 1. The van der Waals surface area contributed by atoms with Gasteiger partial charge >= 0.3 is 0 Å². The zero-order chi connectivity index (χ0) is 26.2. The maximum Gasteiger partial charge on any atom is 0.261 e. The van der Waals surface area contributed by atoms with Crippen molar-refractivity contribution >= 4 is 29.5 Å². The van der Waals surface area contributed by atoms with Crippen LogP contribution in [0.5, 0.6) is 5.88 Å². The molecule has 0 atom stereocenters. The van der Waals surface area contributed by atoms with Crippen LogP contribution in [0.25, 0.3) is 22.4 Å². The summed E-state index contributed by atoms with van der Waals surface area (Å²) in [6, 6.07) is 7.03. The first-order chi connectivity index (χ1) is 17.0. The van der Waals surface area contributed by atoms with E-state index in [-0.39, 0.29) is 39.9 Å². The number of pyridine rings is 1. The number of halogens is 2. The van der Waals surface area contributed by atoms with Gasteiger partial charge < -0.3 is 15.4 Å². The van der Waals surface area contributed by atoms with Crippen LogP contribution in [0.4, 0.5) is 14.7 Å². The number of piperidine rings is 1. The Morgan fingerprint density at radius 3 is 2.39 bits per heavy atom. The van der Waals surface area contributed by atoms with Gasteiger partial charge in [-0.25, -0.2) is 18.7 Å². The molecular formula is C23H25B3F2N6O2. The largest absolute Gasteiger partial charge is 0.479 e. The SMILES string of the molecule is BC(B)(B)n1c(N2CCC(N)CC2)nc(-c2ccc(C#N)c(F)c2)c(-c2cnc(OC)c(F)c2)c1=O. The smallest absolute Gasteiger partial charge is 0.261 e. The molecule has 0 unspecified atom stereocenters. The van der Waals surface area contributed by atoms with Crippen LogP contribution in [0.1, 0.15) is 18.4 Å². The molecule has 1 aliphatic heterocycles. The van der Waals surface area contributed by atoms with Crippen molar-refractivity contribution in [3.8, 4) is 34.3 Å². The van der Waals surface area contributed by atoms with Gasteiger partial charge in [-0.05, 0) is 36.3 Å². The van der Waals surface area contributed by atoms with Gasteiger partial charge in [-0.3, -0.25) is 9.36 Å². The summed E-state index contributed by atoms with van der Waals surface area (Å²) < 4.78 is 35.8. The molecule has 0 amide bonds. The summed E-state index contributed by atoms with van der Waals surface area (Å²) in [6.45, 7) is 1.20. The van der Waals surface area contributed by atoms with Crippen LogP contribution in [-0.4, -0.2) is 64.3 Å². The standard InChI is InChI=1S/C23H25B3F2N6O2/c1-36-20-17(28)9-14(11-31-20)18-19(12-2-3-13(10-29)16(27)8-12)32-22(33-6-4-15(30)5-7-33)34(21(18)35)23(24,25)26/h2-3,8-9,11,15H,4-7,24-26,30H2,1H3. The molecule has 0 radical (unpaired) electrons. The van der Waals surface area contributed by atoms with Gasteiger partial charge in [0, 0.05) is 36.5 Å². The molecule has 3 aromatic rings. The van der Waals surface area contributed by atoms with Crippen LogP contribution in [0.3, 0.4) is 0 Å². The van der Waals surface area contributed by atoms with Crippen LogP contribution in [0.15, 0.2) is 35.3 Å². The van der Waals surface area contributed by atoms with Crippen molar-refractivity contribution in [1.82, 2.24) is 14.5 Å². The van der Waals surface area contributed by atoms with Crippen LogP contribution in [0, 0.1) is 23.0 Å². The number of ether oxygens (including phenoxy) is 1. The Morgan fingerprint density at radius 2 is 1.83 bits per heavy atom. The first-order valence-electron chi connectivity index (χ1n) is 11.6. The highest BCUT2D eigenvalue weighted by Crippen LogP contribution is 2.33. The van der Waals surface area contributed by atoms with E-state index < -0.39 is 22.4 Å². The van der Waals surface area contributed by atoms with Gasteiger partial charge in [-0.1, -0.05) is 6.07 Å². The Hall–Kier alpha value is -3.65. The third kappa shape index (κ3) is 4.73. The molecule has 2 aromatic heterocycles. The van der Waals surface area contributed by atoms with Crippen molar-refractivity contribution in [2.75, 3.05) is 25.1 Å². The summed E-state index contributed by atoms with van der Waals surface area (Å²) in [7, 11) is 6.94. The molecule has 0 aliphatic carbocycles. The number of hydrogen-bond donors (Lipinski definition) is 1. The van der Waals surface area contributed by atoms with Crippen molar-refractivity contribution in [2.45, 2.75) is 24.1 Å². The van der Waals surface area contributed by atoms with Gasteiger partial charge in [0.05, 0.1) is 23.9 Å². The number of hydrogen-bond acceptors (Lipinski definition) is 7. The minimum absolute atomic E-state index is 0.0655. The molecule has 1 saturated heterocycles. The van der Waals surface area contributed by atoms with E-state index in [2.05, 4.69) is 4.98 Å². The minimum atomic E-state index is -0.747. The third-order valence-electron chi connectivity index (χ3n) is 6.21. The van der Waals surface area contributed by atoms with Crippen LogP contribution >= 0.6 is 0 Å². The van der Waals surface area contributed by atoms with Gasteiger partial charge in [-0.2, -0.15) is 5.26 Å². The fourth-order valence-electron chi connectivity index (χ4n) is 4.36. The van der Waals surface area contributed by atoms with Crippen molar-refractivity contribution in [1.29, 1.82) is 5.26 Å². The average Bonchev–Trinajstić information content (AvgIpc) is 2.83. The Morgan fingerprint density at radius 1 is 1.17 bits per heavy atom. The topological polar surface area (TPSA) is 110 Å². The summed E-state index contributed by atoms with van der Waals surface area (Å²) in [5, 5.41) is 8.48. The van der Waals surface area contributed by atoms with E-state index in [1.165, 1.54) is 25.4 Å². The number of methoxy groups -OCH3 is 1. The monoisotopic (exact) mass is 488 g/mol. The van der Waals surface area contributed by atoms with Gasteiger partial charge in [0.15, 0.2) is 5.82 Å². The van der Waals surface area contributed by atoms with E-state index in [0.717, 1.165) is 25.0 Å². The van der Waals surface area contributed by atoms with Crippen molar-refractivity contribution in [2.24, 2.45) is 5.73 Å². The fraction of sp³-hybridized carbons (Fsp3) is 0.304. The second-order valence-corrected chi connectivity index (χ2v) is 9.79. The fourth-order valence-corrected chi connectivity index (χ4v) is 4.36. The minimum Gasteiger partial charge on any atom is -0.479 e. The molecular weight excluding hydrogens is 463 g/mol. The lowest BCUT2D eigenvalue weighted by molar-refractivity contribution is 0.369. The van der Waals surface area contributed by atoms with Crippen LogP contribution in [-0.2, 0) is 5.24 Å². The number of rotatable bonds is 5. The Kier molecular flexibility index (Phi) is 6.91. The number of aromatic nitrogens is 3. The quantitative estimate of drug-likeness (QED) is 0.484. The molecule has 1 aliphatic rings. The highest BCUT2D eigenvalue weighted by Gasteiger charge is 2.30. The molecule has 13 heteroatoms. The lowest BCUT2D eigenvalue weighted by Crippen LogP contribution is -2.49. The summed E-state index contributed by atoms with van der Waals surface area (Å²) >= 11 is 0. The third-order valence-corrected chi connectivity index (χ3v) is 6.21. The number of anilines is 1. The van der Waals surface area contributed by atoms with E-state index >= 15 is 0 Å². The number of nitrogens with two attached hydrogens (primary N) is 1. The molecule has 0 bridgehead atoms. The normalized spacial score (nSPS) is 14.5. The predicted molar refractivity (Wildman–Crippen MR) is 141 cm³/mol. The van der Waals surface area contributed by atoms with Crippen molar-refractivity contribution in [3.63, 3.8) is 0 Å². The molecule has 1 aromatic carbocycles. The summed E-state index contributed by atoms with van der Waals surface area (Å²) in [5.74, 6) is -1.28. The van der Waals surface area contributed by atoms with Gasteiger partial charge in [0.25, 0.3) is 5.56 Å². The molecule has 1 fully saturated rings. The Balaban J connectivity index is 2.06. The average molecular weight is 488 g/mol. The molecule has 4 rings (SSSR count). The summed E-state index contributed by atoms with van der Waals surface area (Å²) in [5.41, 5.74) is 6.24. The van der Waals surface area contributed by atoms with Crippen molar-refractivity contribution in [3.05, 3.63) is 58.0 Å². The summed E-state index contributed by atoms with van der Waals surface area (Å²) in [4.78, 5) is 25.0. The summed E-state index contributed by atoms with van der Waals surface area (Å²) in [6.07, 6.45) is 2.79. The molecule has 2 N–H and O–H groups in total. The highest BCUT2D eigenvalue weighted by atomic mass is 19.1. The zero-order valence-electron chi connectivity index (χ0n) is 20.7. The lowest BCUT2D eigenvalue weighted by atomic mass is 9.49. The molecule has 3 heterocycles. The van der Waals surface area contributed by atoms with E-state index in [1.54, 1.807) is 10.6 Å². The van der Waals surface area contributed by atoms with Crippen LogP contribution in [0.2, 0.25) is 0 Å². The molecule has 36 heavy (non-hydrogen) atoms. The highest BCUT2D eigenvalue weighted by molar-refractivity contribution is 6.56. The van der Waals surface area contributed by atoms with Gasteiger partial charge in [0.1, 0.15) is 35.4 Å². The molecule has 182 valence electrons. The van der Waals surface area contributed by atoms with E-state index in [4.69, 9.17) is 20.7 Å². The lowest BCUT2D eigenvalue weighted by Gasteiger charge is -2.36. The number of nitrogens with zero attached hydrogens (tertiary/aromatic N) is 5. The maximum atomic E-state index is 14.7. The predicted octanol–water partition coefficient (Wildman–Crippen LogP) is -0.475. The molecule has 8 nitrogen and oxygen atoms in total. The van der Waals surface area contributed by atoms with Gasteiger partial charge in [0.2, 0.25) is 11.8 Å². The van der Waals surface area contributed by atoms with E-state index in [1.807, 2.05) is 28.4 Å². The van der Waals surface area contributed by atoms with Gasteiger partial charge in [-0.15, -0.1) is 0 Å². The van der Waals surface area contributed by atoms with Crippen molar-refractivity contribution < 1.29 is 13.5 Å². The van der Waals surface area contributed by atoms with E-state index in [0.29, 0.717) is 19.0 Å². The molecule has 0 saturated carbocycles. The first-order valence-corrected chi connectivity index (χ1v) is 11.6. The Labute approximate surface area is 210 Å². The van der Waals surface area contributed by atoms with E-state index in [9.17, 15) is 13.6 Å². The Bertz CT molecular complexity index is 1410.